The van der Waals surface area contributed by atoms with Gasteiger partial charge in [0.15, 0.2) is 5.65 Å². The van der Waals surface area contributed by atoms with Crippen LogP contribution in [0, 0.1) is 0 Å². The summed E-state index contributed by atoms with van der Waals surface area (Å²) in [7, 11) is 0. The molecule has 0 saturated carbocycles. The number of rotatable bonds is 6. The number of aromatic amines is 1. The van der Waals surface area contributed by atoms with E-state index < -0.39 is 5.91 Å². The number of carbonyl (C=O) groups is 1. The highest BCUT2D eigenvalue weighted by Crippen LogP contribution is 2.21. The van der Waals surface area contributed by atoms with Crippen LogP contribution in [0.2, 0.25) is 0 Å². The molecule has 0 aromatic carbocycles. The molecule has 0 aliphatic heterocycles. The molecule has 1 amide bonds. The van der Waals surface area contributed by atoms with E-state index >= 15 is 0 Å². The van der Waals surface area contributed by atoms with Crippen LogP contribution < -0.4 is 11.3 Å². The average Bonchev–Trinajstić information content (AvgIpc) is 2.78. The maximum atomic E-state index is 12.0. The van der Waals surface area contributed by atoms with E-state index in [4.69, 9.17) is 10.5 Å². The number of ether oxygens (including phenoxy) is 1. The molecule has 2 aromatic rings. The summed E-state index contributed by atoms with van der Waals surface area (Å²) in [5, 5.41) is 3.31. The molecule has 0 saturated heterocycles. The number of nitrogens with two attached hydrogens (primary N) is 1. The zero-order valence-electron chi connectivity index (χ0n) is 10.9. The second-order valence-electron chi connectivity index (χ2n) is 3.93. The summed E-state index contributed by atoms with van der Waals surface area (Å²) in [6.07, 6.45) is 3.37. The topological polar surface area (TPSA) is 102 Å². The molecule has 0 atom stereocenters. The number of amides is 1. The van der Waals surface area contributed by atoms with Crippen LogP contribution >= 0.6 is 11.8 Å². The predicted molar refractivity (Wildman–Crippen MR) is 76.0 cm³/mol. The molecule has 0 unspecified atom stereocenters. The third kappa shape index (κ3) is 2.61. The molecule has 2 rings (SSSR count). The SMILES string of the molecule is C=CCOCc1cc(=O)n2[nH]c(SC)c(C(N)=O)c2n1. The lowest BCUT2D eigenvalue weighted by Gasteiger charge is -2.01. The van der Waals surface area contributed by atoms with Gasteiger partial charge in [-0.15, -0.1) is 18.3 Å². The first kappa shape index (κ1) is 14.4. The average molecular weight is 294 g/mol. The van der Waals surface area contributed by atoms with Gasteiger partial charge in [-0.2, -0.15) is 4.52 Å². The van der Waals surface area contributed by atoms with E-state index in [0.717, 1.165) is 0 Å². The summed E-state index contributed by atoms with van der Waals surface area (Å²) in [4.78, 5) is 27.8. The van der Waals surface area contributed by atoms with Crippen LogP contribution in [0.1, 0.15) is 16.1 Å². The molecule has 3 N–H and O–H groups in total. The van der Waals surface area contributed by atoms with Crippen LogP contribution in [0.4, 0.5) is 0 Å². The smallest absolute Gasteiger partial charge is 0.273 e. The normalized spacial score (nSPS) is 10.8. The molecule has 2 heterocycles. The van der Waals surface area contributed by atoms with Gasteiger partial charge in [0.05, 0.1) is 18.9 Å². The number of carbonyl (C=O) groups excluding carboxylic acids is 1. The zero-order valence-corrected chi connectivity index (χ0v) is 11.7. The number of H-pyrrole nitrogens is 1. The number of hydrogen-bond donors (Lipinski definition) is 2. The third-order valence-electron chi connectivity index (χ3n) is 2.57. The molecular weight excluding hydrogens is 280 g/mol. The summed E-state index contributed by atoms with van der Waals surface area (Å²) < 4.78 is 6.44. The first-order valence-electron chi connectivity index (χ1n) is 5.75. The van der Waals surface area contributed by atoms with Crippen molar-refractivity contribution in [1.82, 2.24) is 14.6 Å². The Kier molecular flexibility index (Phi) is 4.26. The van der Waals surface area contributed by atoms with Crippen molar-refractivity contribution in [3.63, 3.8) is 0 Å². The molecule has 0 spiro atoms. The van der Waals surface area contributed by atoms with E-state index in [2.05, 4.69) is 16.7 Å². The van der Waals surface area contributed by atoms with Crippen molar-refractivity contribution in [3.05, 3.63) is 40.3 Å². The second-order valence-corrected chi connectivity index (χ2v) is 4.75. The Labute approximate surface area is 118 Å². The lowest BCUT2D eigenvalue weighted by Crippen LogP contribution is -2.18. The fourth-order valence-electron chi connectivity index (χ4n) is 1.76. The Balaban J connectivity index is 2.56. The van der Waals surface area contributed by atoms with E-state index in [0.29, 0.717) is 17.3 Å². The highest BCUT2D eigenvalue weighted by Gasteiger charge is 2.19. The molecule has 0 bridgehead atoms. The van der Waals surface area contributed by atoms with Crippen LogP contribution in [0.25, 0.3) is 5.65 Å². The third-order valence-corrected chi connectivity index (χ3v) is 3.28. The molecule has 20 heavy (non-hydrogen) atoms. The standard InChI is InChI=1S/C12H14N4O3S/c1-3-4-19-6-7-5-8(17)16-11(14-7)9(10(13)18)12(15-16)20-2/h3,5,15H,1,4,6H2,2H3,(H2,13,18). The van der Waals surface area contributed by atoms with E-state index in [1.165, 1.54) is 22.3 Å². The van der Waals surface area contributed by atoms with E-state index in [-0.39, 0.29) is 23.4 Å². The van der Waals surface area contributed by atoms with Crippen molar-refractivity contribution in [2.24, 2.45) is 5.73 Å². The summed E-state index contributed by atoms with van der Waals surface area (Å²) >= 11 is 1.28. The number of primary amides is 1. The molecule has 106 valence electrons. The zero-order chi connectivity index (χ0) is 14.7. The van der Waals surface area contributed by atoms with Gasteiger partial charge in [0.25, 0.3) is 11.5 Å². The molecule has 0 fully saturated rings. The van der Waals surface area contributed by atoms with Crippen molar-refractivity contribution >= 4 is 23.3 Å². The Morgan fingerprint density at radius 2 is 2.45 bits per heavy atom. The van der Waals surface area contributed by atoms with Gasteiger partial charge in [-0.1, -0.05) is 6.08 Å². The maximum absolute atomic E-state index is 12.0. The van der Waals surface area contributed by atoms with Gasteiger partial charge in [0.1, 0.15) is 10.6 Å². The summed E-state index contributed by atoms with van der Waals surface area (Å²) in [5.74, 6) is -0.635. The van der Waals surface area contributed by atoms with Crippen LogP contribution in [-0.4, -0.2) is 33.4 Å². The monoisotopic (exact) mass is 294 g/mol. The summed E-state index contributed by atoms with van der Waals surface area (Å²) in [6, 6.07) is 1.35. The number of nitrogens with zero attached hydrogens (tertiary/aromatic N) is 2. The number of nitrogens with one attached hydrogen (secondary N) is 1. The Hall–Kier alpha value is -2.06. The first-order valence-corrected chi connectivity index (χ1v) is 6.98. The minimum absolute atomic E-state index is 0.162. The van der Waals surface area contributed by atoms with Gasteiger partial charge in [-0.25, -0.2) is 4.98 Å². The Bertz CT molecular complexity index is 719. The van der Waals surface area contributed by atoms with Gasteiger partial charge < -0.3 is 10.5 Å². The van der Waals surface area contributed by atoms with Gasteiger partial charge in [-0.05, 0) is 6.26 Å². The summed E-state index contributed by atoms with van der Waals surface area (Å²) in [6.45, 7) is 4.05. The van der Waals surface area contributed by atoms with Crippen molar-refractivity contribution in [1.29, 1.82) is 0 Å². The lowest BCUT2D eigenvalue weighted by molar-refractivity contribution is 0.0999. The highest BCUT2D eigenvalue weighted by atomic mass is 32.2. The van der Waals surface area contributed by atoms with Crippen LogP contribution in [0.5, 0.6) is 0 Å². The lowest BCUT2D eigenvalue weighted by atomic mass is 10.3. The predicted octanol–water partition coefficient (Wildman–Crippen LogP) is 0.546. The van der Waals surface area contributed by atoms with Gasteiger partial charge in [-0.3, -0.25) is 14.7 Å². The number of thioether (sulfide) groups is 1. The van der Waals surface area contributed by atoms with Crippen LogP contribution in [-0.2, 0) is 11.3 Å². The highest BCUT2D eigenvalue weighted by molar-refractivity contribution is 7.98. The second kappa shape index (κ2) is 5.93. The molecule has 0 aliphatic rings. The largest absolute Gasteiger partial charge is 0.371 e. The first-order chi connectivity index (χ1) is 9.58. The van der Waals surface area contributed by atoms with Crippen molar-refractivity contribution in [3.8, 4) is 0 Å². The van der Waals surface area contributed by atoms with Crippen LogP contribution in [0.3, 0.4) is 0 Å². The maximum Gasteiger partial charge on any atom is 0.273 e. The minimum Gasteiger partial charge on any atom is -0.371 e. The fourth-order valence-corrected chi connectivity index (χ4v) is 2.33. The number of hydrogen-bond acceptors (Lipinski definition) is 5. The minimum atomic E-state index is -0.635. The van der Waals surface area contributed by atoms with Gasteiger partial charge in [0, 0.05) is 6.07 Å². The Morgan fingerprint density at radius 1 is 1.70 bits per heavy atom. The molecular formula is C12H14N4O3S. The molecule has 7 nitrogen and oxygen atoms in total. The van der Waals surface area contributed by atoms with Crippen molar-refractivity contribution in [2.75, 3.05) is 12.9 Å². The van der Waals surface area contributed by atoms with E-state index in [9.17, 15) is 9.59 Å². The van der Waals surface area contributed by atoms with E-state index in [1.54, 1.807) is 12.3 Å². The van der Waals surface area contributed by atoms with Crippen LogP contribution in [0.15, 0.2) is 28.5 Å². The number of fused-ring (bicyclic) bond motifs is 1. The van der Waals surface area contributed by atoms with E-state index in [1.807, 2.05) is 0 Å². The molecule has 2 aromatic heterocycles. The fraction of sp³-hybridized carbons (Fsp3) is 0.250. The van der Waals surface area contributed by atoms with Crippen molar-refractivity contribution < 1.29 is 9.53 Å². The molecule has 0 aliphatic carbocycles. The van der Waals surface area contributed by atoms with Gasteiger partial charge >= 0.3 is 0 Å². The quantitative estimate of drug-likeness (QED) is 0.460. The Morgan fingerprint density at radius 3 is 3.05 bits per heavy atom. The van der Waals surface area contributed by atoms with Gasteiger partial charge in [0.2, 0.25) is 0 Å². The van der Waals surface area contributed by atoms with Crippen molar-refractivity contribution in [2.45, 2.75) is 11.6 Å². The summed E-state index contributed by atoms with van der Waals surface area (Å²) in [5.41, 5.74) is 5.89. The molecule has 8 heteroatoms. The molecule has 0 radical (unpaired) electrons. The number of aromatic nitrogens is 3.